The number of carboxylic acids is 6. The molecule has 20 heteroatoms. The van der Waals surface area contributed by atoms with Crippen molar-refractivity contribution in [1.82, 2.24) is 0 Å². The summed E-state index contributed by atoms with van der Waals surface area (Å²) in [5, 5.41) is 56.5. The Labute approximate surface area is 268 Å². The molecule has 16 nitrogen and oxygen atoms in total. The molecular weight excluding hydrogens is 551 g/mol. The van der Waals surface area contributed by atoms with Gasteiger partial charge in [0.1, 0.15) is 0 Å². The molecule has 0 spiro atoms. The van der Waals surface area contributed by atoms with Crippen LogP contribution >= 0.6 is 7.82 Å². The van der Waals surface area contributed by atoms with Gasteiger partial charge in [0.15, 0.2) is 0 Å². The predicted octanol–water partition coefficient (Wildman–Crippen LogP) is -10.9. The van der Waals surface area contributed by atoms with Crippen LogP contribution in [0.4, 0.5) is 0 Å². The van der Waals surface area contributed by atoms with Crippen molar-refractivity contribution >= 4 is 157 Å². The standard InChI is InChI=1S/3C4H4O4.3Ca.H3O4P/c3*5-3(6)1-2-4(7)8;;;;1-5(2,3)4/h3*1-2H,(H,5,6)(H,7,8);;;;(H3,1,2,3,4)/q;;;3*+2;/p-6/b3*2-1+;;;;. The summed E-state index contributed by atoms with van der Waals surface area (Å²) in [5.74, 6) is -9.28. The van der Waals surface area contributed by atoms with E-state index in [-0.39, 0.29) is 113 Å². The number of carbonyl (C=O) groups is 6. The smallest absolute Gasteiger partial charge is 0.545 e. The molecule has 0 bridgehead atoms. The maximum absolute atomic E-state index is 9.41. The van der Waals surface area contributed by atoms with Crippen molar-refractivity contribution in [2.24, 2.45) is 0 Å². The summed E-state index contributed by atoms with van der Waals surface area (Å²) in [7, 11) is -4.64. The van der Waals surface area contributed by atoms with Crippen LogP contribution in [0.5, 0.6) is 0 Å². The summed E-state index contributed by atoms with van der Waals surface area (Å²) in [6.07, 6.45) is 2.31. The molecule has 164 valence electrons. The quantitative estimate of drug-likeness (QED) is 0.154. The third kappa shape index (κ3) is 112. The first-order valence-electron chi connectivity index (χ1n) is 5.96. The first-order chi connectivity index (χ1) is 12.9. The monoisotopic (exact) mass is 560 g/mol. The van der Waals surface area contributed by atoms with Crippen molar-refractivity contribution in [3.05, 3.63) is 36.5 Å². The fourth-order valence-electron chi connectivity index (χ4n) is 0.408. The third-order valence-corrected chi connectivity index (χ3v) is 1.07. The topological polar surface area (TPSA) is 319 Å². The number of carboxylic acid groups (broad SMARTS) is 6. The molecule has 0 aromatic heterocycles. The Kier molecular flexibility index (Phi) is 47.5. The Bertz CT molecular complexity index is 587. The minimum Gasteiger partial charge on any atom is -0.545 e. The third-order valence-electron chi connectivity index (χ3n) is 1.07. The zero-order valence-electron chi connectivity index (χ0n) is 15.7. The molecule has 0 rings (SSSR count). The molecule has 0 aliphatic rings. The van der Waals surface area contributed by atoms with Crippen LogP contribution in [0.3, 0.4) is 0 Å². The van der Waals surface area contributed by atoms with E-state index in [2.05, 4.69) is 0 Å². The first kappa shape index (κ1) is 49.1. The number of rotatable bonds is 6. The Morgan fingerprint density at radius 2 is 0.500 bits per heavy atom. The largest absolute Gasteiger partial charge is 2.00 e. The molecule has 0 aliphatic heterocycles. The summed E-state index contributed by atoms with van der Waals surface area (Å²) in [6.45, 7) is 0. The van der Waals surface area contributed by atoms with Gasteiger partial charge in [-0.1, -0.05) is 0 Å². The second-order valence-corrected chi connectivity index (χ2v) is 4.45. The molecule has 0 fully saturated rings. The minimum absolute atomic E-state index is 0. The zero-order chi connectivity index (χ0) is 24.2. The zero-order valence-corrected chi connectivity index (χ0v) is 23.2. The van der Waals surface area contributed by atoms with Gasteiger partial charge in [-0.15, -0.1) is 0 Å². The Hall–Kier alpha value is -0.0708. The number of phosphoric acid groups is 1. The van der Waals surface area contributed by atoms with Gasteiger partial charge in [0.05, 0.1) is 35.8 Å². The number of carbonyl (C=O) groups excluding carboxylic acids is 6. The molecule has 0 amide bonds. The normalized spacial score (nSPS) is 8.97. The number of aliphatic carboxylic acids is 6. The average molecular weight is 560 g/mol. The van der Waals surface area contributed by atoms with Gasteiger partial charge in [0.25, 0.3) is 0 Å². The van der Waals surface area contributed by atoms with Gasteiger partial charge in [-0.2, -0.15) is 0 Å². The van der Waals surface area contributed by atoms with Gasteiger partial charge < -0.3 is 74.1 Å². The van der Waals surface area contributed by atoms with E-state index in [0.717, 1.165) is 0 Å². The molecule has 0 aromatic carbocycles. The maximum atomic E-state index is 9.41. The fraction of sp³-hybridized carbons (Fsp3) is 0. The van der Waals surface area contributed by atoms with E-state index < -0.39 is 43.6 Å². The molecule has 0 aliphatic carbocycles. The molecular formula is C12H9Ca3O16P. The molecule has 32 heavy (non-hydrogen) atoms. The molecule has 0 unspecified atom stereocenters. The SMILES string of the molecule is O=C([O-])/C=C/C(=O)[O-].O=C([O-])/C=C/C(=O)[O-].O=C([O-])/C=C/C(=O)[O-].O=P(O)(O)O.[Ca+2].[Ca+2].[Ca+2]. The Morgan fingerprint density at radius 1 is 0.438 bits per heavy atom. The average Bonchev–Trinajstić information content (AvgIpc) is 2.48. The van der Waals surface area contributed by atoms with Gasteiger partial charge in [-0.25, -0.2) is 4.57 Å². The summed E-state index contributed by atoms with van der Waals surface area (Å²) in [4.78, 5) is 78.1. The predicted molar refractivity (Wildman–Crippen MR) is 89.0 cm³/mol. The van der Waals surface area contributed by atoms with Gasteiger partial charge in [0.2, 0.25) is 0 Å². The number of hydrogen-bond donors (Lipinski definition) is 3. The van der Waals surface area contributed by atoms with E-state index in [4.69, 9.17) is 19.2 Å². The summed E-state index contributed by atoms with van der Waals surface area (Å²) < 4.78 is 8.88. The molecule has 0 aromatic rings. The van der Waals surface area contributed by atoms with E-state index in [0.29, 0.717) is 36.5 Å². The van der Waals surface area contributed by atoms with Crippen molar-refractivity contribution in [1.29, 1.82) is 0 Å². The molecule has 3 N–H and O–H groups in total. The van der Waals surface area contributed by atoms with E-state index >= 15 is 0 Å². The molecule has 0 atom stereocenters. The Morgan fingerprint density at radius 3 is 0.531 bits per heavy atom. The van der Waals surface area contributed by atoms with E-state index in [9.17, 15) is 59.4 Å². The van der Waals surface area contributed by atoms with Crippen LogP contribution in [-0.4, -0.2) is 164 Å². The summed E-state index contributed by atoms with van der Waals surface area (Å²) >= 11 is 0. The molecule has 0 saturated carbocycles. The summed E-state index contributed by atoms with van der Waals surface area (Å²) in [5.41, 5.74) is 0. The van der Waals surface area contributed by atoms with Gasteiger partial charge in [-0.05, 0) is 36.5 Å². The van der Waals surface area contributed by atoms with E-state index in [1.165, 1.54) is 0 Å². The molecule has 0 radical (unpaired) electrons. The van der Waals surface area contributed by atoms with Crippen LogP contribution in [0.1, 0.15) is 0 Å². The van der Waals surface area contributed by atoms with E-state index in [1.54, 1.807) is 0 Å². The number of hydrogen-bond acceptors (Lipinski definition) is 13. The van der Waals surface area contributed by atoms with Crippen LogP contribution < -0.4 is 30.6 Å². The molecule has 0 saturated heterocycles. The molecule has 0 heterocycles. The van der Waals surface area contributed by atoms with Crippen molar-refractivity contribution in [2.75, 3.05) is 0 Å². The van der Waals surface area contributed by atoms with Crippen molar-refractivity contribution in [2.45, 2.75) is 0 Å². The fourth-order valence-corrected chi connectivity index (χ4v) is 0.408. The summed E-state index contributed by atoms with van der Waals surface area (Å²) in [6, 6.07) is 0. The van der Waals surface area contributed by atoms with Crippen LogP contribution in [0.25, 0.3) is 0 Å². The van der Waals surface area contributed by atoms with Gasteiger partial charge >= 0.3 is 121 Å². The van der Waals surface area contributed by atoms with E-state index in [1.807, 2.05) is 0 Å². The first-order valence-corrected chi connectivity index (χ1v) is 7.53. The van der Waals surface area contributed by atoms with Gasteiger partial charge in [-0.3, -0.25) is 0 Å². The van der Waals surface area contributed by atoms with Crippen LogP contribution in [0, 0.1) is 0 Å². The van der Waals surface area contributed by atoms with Crippen LogP contribution in [-0.2, 0) is 33.3 Å². The van der Waals surface area contributed by atoms with Crippen LogP contribution in [0.2, 0.25) is 0 Å². The van der Waals surface area contributed by atoms with Gasteiger partial charge in [0, 0.05) is 0 Å². The minimum atomic E-state index is -4.64. The van der Waals surface area contributed by atoms with Crippen molar-refractivity contribution in [3.8, 4) is 0 Å². The maximum Gasteiger partial charge on any atom is 2.00 e. The Balaban J connectivity index is -0.0000000512. The second-order valence-electron chi connectivity index (χ2n) is 3.43. The van der Waals surface area contributed by atoms with Crippen LogP contribution in [0.15, 0.2) is 36.5 Å². The van der Waals surface area contributed by atoms with Crippen molar-refractivity contribution < 1.29 is 78.7 Å². The van der Waals surface area contributed by atoms with Crippen molar-refractivity contribution in [3.63, 3.8) is 0 Å². The second kappa shape index (κ2) is 30.9.